The Morgan fingerprint density at radius 1 is 1.03 bits per heavy atom. The molecule has 0 spiro atoms. The van der Waals surface area contributed by atoms with Gasteiger partial charge in [-0.05, 0) is 37.1 Å². The molecule has 0 bridgehead atoms. The van der Waals surface area contributed by atoms with Gasteiger partial charge in [-0.25, -0.2) is 0 Å². The van der Waals surface area contributed by atoms with Crippen LogP contribution in [0.3, 0.4) is 0 Å². The van der Waals surface area contributed by atoms with Crippen molar-refractivity contribution in [3.8, 4) is 17.2 Å². The number of fused-ring (bicyclic) bond motifs is 3. The third kappa shape index (κ3) is 3.14. The molecule has 3 aromatic rings. The highest BCUT2D eigenvalue weighted by atomic mass is 79.9. The molecule has 3 aromatic carbocycles. The van der Waals surface area contributed by atoms with Gasteiger partial charge in [0.2, 0.25) is 0 Å². The lowest BCUT2D eigenvalue weighted by Gasteiger charge is -2.39. The second-order valence-electron chi connectivity index (χ2n) is 8.43. The predicted octanol–water partition coefficient (Wildman–Crippen LogP) is 5.74. The highest BCUT2D eigenvalue weighted by Crippen LogP contribution is 2.67. The van der Waals surface area contributed by atoms with Crippen LogP contribution in [0.2, 0.25) is 0 Å². The zero-order valence-electron chi connectivity index (χ0n) is 19.0. The summed E-state index contributed by atoms with van der Waals surface area (Å²) in [6, 6.07) is 21.1. The summed E-state index contributed by atoms with van der Waals surface area (Å²) in [6.07, 6.45) is 0.311. The van der Waals surface area contributed by atoms with E-state index in [0.29, 0.717) is 42.4 Å². The summed E-state index contributed by atoms with van der Waals surface area (Å²) in [4.78, 5) is 0. The van der Waals surface area contributed by atoms with Crippen LogP contribution in [-0.4, -0.2) is 29.2 Å². The molecule has 176 valence electrons. The van der Waals surface area contributed by atoms with Crippen molar-refractivity contribution in [3.63, 3.8) is 0 Å². The summed E-state index contributed by atoms with van der Waals surface area (Å²) in [5.41, 5.74) is -0.628. The molecule has 3 atom stereocenters. The summed E-state index contributed by atoms with van der Waals surface area (Å²) in [6.45, 7) is 4.64. The average Bonchev–Trinajstić information content (AvgIpc) is 3.25. The van der Waals surface area contributed by atoms with E-state index in [1.807, 2.05) is 68.4 Å². The predicted molar refractivity (Wildman–Crippen MR) is 132 cm³/mol. The molecule has 0 unspecified atom stereocenters. The van der Waals surface area contributed by atoms with Crippen LogP contribution in [-0.2, 0) is 11.2 Å². The molecule has 2 aliphatic rings. The summed E-state index contributed by atoms with van der Waals surface area (Å²) in [5, 5.41) is 26.4. The summed E-state index contributed by atoms with van der Waals surface area (Å²) in [7, 11) is 0. The quantitative estimate of drug-likeness (QED) is 0.318. The van der Waals surface area contributed by atoms with Crippen LogP contribution in [0, 0.1) is 0 Å². The largest absolute Gasteiger partial charge is 0.494 e. The van der Waals surface area contributed by atoms with Crippen LogP contribution in [0.15, 0.2) is 76.4 Å². The summed E-state index contributed by atoms with van der Waals surface area (Å²) >= 11 is 3.51. The summed E-state index contributed by atoms with van der Waals surface area (Å²) < 4.78 is 19.5. The van der Waals surface area contributed by atoms with Crippen LogP contribution in [0.25, 0.3) is 0 Å². The molecule has 6 nitrogen and oxygen atoms in total. The maximum absolute atomic E-state index is 12.6. The second kappa shape index (κ2) is 8.64. The van der Waals surface area contributed by atoms with Crippen molar-refractivity contribution in [2.24, 2.45) is 5.16 Å². The number of hydrogen-bond acceptors (Lipinski definition) is 6. The Morgan fingerprint density at radius 3 is 2.38 bits per heavy atom. The van der Waals surface area contributed by atoms with Crippen molar-refractivity contribution >= 4 is 21.6 Å². The van der Waals surface area contributed by atoms with Crippen molar-refractivity contribution in [1.29, 1.82) is 0 Å². The van der Waals surface area contributed by atoms with E-state index < -0.39 is 11.2 Å². The molecule has 0 saturated heterocycles. The molecule has 1 fully saturated rings. The van der Waals surface area contributed by atoms with Gasteiger partial charge in [-0.15, -0.1) is 0 Å². The molecule has 34 heavy (non-hydrogen) atoms. The Hall–Kier alpha value is -3.03. The highest BCUT2D eigenvalue weighted by molar-refractivity contribution is 9.10. The van der Waals surface area contributed by atoms with Gasteiger partial charge in [-0.3, -0.25) is 0 Å². The number of halogens is 1. The van der Waals surface area contributed by atoms with E-state index in [2.05, 4.69) is 21.1 Å². The second-order valence-corrected chi connectivity index (χ2v) is 9.35. The Balaban J connectivity index is 1.83. The molecule has 7 heteroatoms. The molecule has 2 N–H and O–H groups in total. The number of ether oxygens (including phenoxy) is 3. The number of oxime groups is 1. The van der Waals surface area contributed by atoms with Gasteiger partial charge in [0.05, 0.1) is 24.5 Å². The first-order chi connectivity index (χ1) is 16.5. The summed E-state index contributed by atoms with van der Waals surface area (Å²) in [5.74, 6) is 1.14. The number of nitrogens with zero attached hydrogens (tertiary/aromatic N) is 1. The first-order valence-corrected chi connectivity index (χ1v) is 12.2. The Morgan fingerprint density at radius 2 is 1.74 bits per heavy atom. The molecule has 1 aliphatic carbocycles. The monoisotopic (exact) mass is 523 g/mol. The lowest BCUT2D eigenvalue weighted by Crippen LogP contribution is -2.50. The molecule has 1 saturated carbocycles. The first-order valence-electron chi connectivity index (χ1n) is 11.4. The minimum absolute atomic E-state index is 0.230. The lowest BCUT2D eigenvalue weighted by molar-refractivity contribution is -0.0754. The third-order valence-corrected chi connectivity index (χ3v) is 7.25. The number of benzene rings is 3. The van der Waals surface area contributed by atoms with Gasteiger partial charge in [0.15, 0.2) is 11.2 Å². The third-order valence-electron chi connectivity index (χ3n) is 6.72. The van der Waals surface area contributed by atoms with Crippen molar-refractivity contribution in [2.45, 2.75) is 37.4 Å². The first kappa shape index (κ1) is 22.7. The molecule has 0 aromatic heterocycles. The zero-order chi connectivity index (χ0) is 23.9. The van der Waals surface area contributed by atoms with Gasteiger partial charge in [0, 0.05) is 28.9 Å². The Kier molecular flexibility index (Phi) is 5.78. The minimum atomic E-state index is -1.76. The fraction of sp³-hybridized carbons (Fsp3) is 0.296. The van der Waals surface area contributed by atoms with Crippen LogP contribution < -0.4 is 14.2 Å². The maximum atomic E-state index is 12.6. The van der Waals surface area contributed by atoms with Crippen LogP contribution in [0.1, 0.15) is 42.9 Å². The van der Waals surface area contributed by atoms with E-state index >= 15 is 0 Å². The Bertz CT molecular complexity index is 1230. The lowest BCUT2D eigenvalue weighted by atomic mass is 9.71. The minimum Gasteiger partial charge on any atom is -0.494 e. The van der Waals surface area contributed by atoms with Gasteiger partial charge >= 0.3 is 0 Å². The average molecular weight is 524 g/mol. The van der Waals surface area contributed by atoms with Crippen molar-refractivity contribution in [3.05, 3.63) is 87.9 Å². The molecular weight excluding hydrogens is 498 g/mol. The smallest absolute Gasteiger partial charge is 0.183 e. The van der Waals surface area contributed by atoms with Gasteiger partial charge in [0.1, 0.15) is 17.2 Å². The van der Waals surface area contributed by atoms with Crippen LogP contribution in [0.4, 0.5) is 0 Å². The fourth-order valence-corrected chi connectivity index (χ4v) is 5.70. The van der Waals surface area contributed by atoms with E-state index in [0.717, 1.165) is 15.6 Å². The van der Waals surface area contributed by atoms with Crippen LogP contribution in [0.5, 0.6) is 17.2 Å². The molecule has 5 rings (SSSR count). The van der Waals surface area contributed by atoms with Gasteiger partial charge in [-0.1, -0.05) is 63.6 Å². The van der Waals surface area contributed by atoms with E-state index in [9.17, 15) is 10.3 Å². The standard InChI is InChI=1S/C27H26BrNO5/c1-3-32-20-14-22(33-4-2)25-23(15-20)34-27(18-10-12-19(28)13-11-18)21(17-8-6-5-7-9-17)16-24(29-31)26(25,27)30/h5-15,21,30-31H,3-4,16H2,1-2H3/t21-,26+,27-/m0/s1. The van der Waals surface area contributed by atoms with E-state index in [-0.39, 0.29) is 11.6 Å². The molecule has 1 aliphatic heterocycles. The van der Waals surface area contributed by atoms with Gasteiger partial charge in [-0.2, -0.15) is 0 Å². The van der Waals surface area contributed by atoms with E-state index in [1.165, 1.54) is 0 Å². The number of hydrogen-bond donors (Lipinski definition) is 2. The maximum Gasteiger partial charge on any atom is 0.183 e. The van der Waals surface area contributed by atoms with Crippen molar-refractivity contribution < 1.29 is 24.5 Å². The molecule has 0 amide bonds. The number of aliphatic hydroxyl groups is 1. The molecule has 1 heterocycles. The Labute approximate surface area is 206 Å². The topological polar surface area (TPSA) is 80.5 Å². The van der Waals surface area contributed by atoms with Gasteiger partial charge < -0.3 is 24.5 Å². The van der Waals surface area contributed by atoms with Crippen LogP contribution >= 0.6 is 15.9 Å². The highest BCUT2D eigenvalue weighted by Gasteiger charge is 2.73. The molecule has 0 radical (unpaired) electrons. The van der Waals surface area contributed by atoms with E-state index in [4.69, 9.17) is 14.2 Å². The van der Waals surface area contributed by atoms with Gasteiger partial charge in [0.25, 0.3) is 0 Å². The SMILES string of the molecule is CCOc1cc(OCC)c2c(c1)O[C@@]1(c3ccc(Br)cc3)[C@H](c3ccccc3)CC(=NO)[C@@]21O. The van der Waals surface area contributed by atoms with Crippen molar-refractivity contribution in [2.75, 3.05) is 13.2 Å². The van der Waals surface area contributed by atoms with Crippen molar-refractivity contribution in [1.82, 2.24) is 0 Å². The number of rotatable bonds is 6. The zero-order valence-corrected chi connectivity index (χ0v) is 20.6. The van der Waals surface area contributed by atoms with E-state index in [1.54, 1.807) is 12.1 Å². The molecular formula is C27H26BrNO5. The normalized spacial score (nSPS) is 26.1. The fourth-order valence-electron chi connectivity index (χ4n) is 5.44.